The van der Waals surface area contributed by atoms with Gasteiger partial charge in [-0.15, -0.1) is 12.4 Å². The van der Waals surface area contributed by atoms with Crippen LogP contribution < -0.4 is 10.6 Å². The van der Waals surface area contributed by atoms with Gasteiger partial charge in [-0.05, 0) is 57.4 Å². The molecule has 0 bridgehead atoms. The van der Waals surface area contributed by atoms with Gasteiger partial charge >= 0.3 is 6.09 Å². The predicted octanol–water partition coefficient (Wildman–Crippen LogP) is 2.93. The lowest BCUT2D eigenvalue weighted by Crippen LogP contribution is -2.27. The van der Waals surface area contributed by atoms with Gasteiger partial charge in [0.25, 0.3) is 0 Å². The van der Waals surface area contributed by atoms with Gasteiger partial charge in [-0.2, -0.15) is 0 Å². The zero-order chi connectivity index (χ0) is 13.9. The van der Waals surface area contributed by atoms with E-state index in [0.717, 1.165) is 19.5 Å². The molecule has 1 fully saturated rings. The molecular weight excluding hydrogens is 278 g/mol. The lowest BCUT2D eigenvalue weighted by Gasteiger charge is -2.19. The van der Waals surface area contributed by atoms with E-state index in [1.807, 2.05) is 32.9 Å². The summed E-state index contributed by atoms with van der Waals surface area (Å²) in [5.41, 5.74) is 0.697. The minimum atomic E-state index is -0.503. The highest BCUT2D eigenvalue weighted by atomic mass is 35.5. The van der Waals surface area contributed by atoms with E-state index >= 15 is 0 Å². The van der Waals surface area contributed by atoms with Crippen molar-refractivity contribution in [2.45, 2.75) is 38.7 Å². The monoisotopic (exact) mass is 299 g/mol. The SMILES string of the molecule is CC(C)(C)OC(=O)Nc1cc(C2CCNC2)ccn1.Cl. The lowest BCUT2D eigenvalue weighted by molar-refractivity contribution is 0.0635. The van der Waals surface area contributed by atoms with Crippen molar-refractivity contribution in [2.75, 3.05) is 18.4 Å². The van der Waals surface area contributed by atoms with Crippen molar-refractivity contribution in [1.29, 1.82) is 0 Å². The smallest absolute Gasteiger partial charge is 0.413 e. The fraction of sp³-hybridized carbons (Fsp3) is 0.571. The Bertz CT molecular complexity index is 454. The number of nitrogens with one attached hydrogen (secondary N) is 2. The van der Waals surface area contributed by atoms with E-state index in [2.05, 4.69) is 15.6 Å². The van der Waals surface area contributed by atoms with E-state index in [9.17, 15) is 4.79 Å². The molecule has 0 spiro atoms. The Labute approximate surface area is 125 Å². The maximum atomic E-state index is 11.7. The van der Waals surface area contributed by atoms with E-state index in [-0.39, 0.29) is 12.4 Å². The third-order valence-corrected chi connectivity index (χ3v) is 2.94. The number of amides is 1. The van der Waals surface area contributed by atoms with Gasteiger partial charge in [0.1, 0.15) is 11.4 Å². The molecule has 1 aromatic heterocycles. The molecule has 0 saturated carbocycles. The van der Waals surface area contributed by atoms with Gasteiger partial charge < -0.3 is 10.1 Å². The molecule has 1 aliphatic rings. The van der Waals surface area contributed by atoms with Crippen molar-refractivity contribution in [3.05, 3.63) is 23.9 Å². The fourth-order valence-electron chi connectivity index (χ4n) is 2.12. The summed E-state index contributed by atoms with van der Waals surface area (Å²) in [4.78, 5) is 15.8. The number of anilines is 1. The minimum absolute atomic E-state index is 0. The highest BCUT2D eigenvalue weighted by Crippen LogP contribution is 2.23. The molecule has 1 saturated heterocycles. The summed E-state index contributed by atoms with van der Waals surface area (Å²) >= 11 is 0. The average Bonchev–Trinajstić information content (AvgIpc) is 2.79. The zero-order valence-electron chi connectivity index (χ0n) is 12.1. The molecule has 5 nitrogen and oxygen atoms in total. The molecular formula is C14H22ClN3O2. The van der Waals surface area contributed by atoms with Crippen LogP contribution in [0.4, 0.5) is 10.6 Å². The number of nitrogens with zero attached hydrogens (tertiary/aromatic N) is 1. The number of rotatable bonds is 2. The zero-order valence-corrected chi connectivity index (χ0v) is 12.9. The Morgan fingerprint density at radius 3 is 2.85 bits per heavy atom. The van der Waals surface area contributed by atoms with E-state index in [1.54, 1.807) is 6.20 Å². The molecule has 112 valence electrons. The van der Waals surface area contributed by atoms with Gasteiger partial charge in [0, 0.05) is 12.7 Å². The van der Waals surface area contributed by atoms with Crippen LogP contribution in [0.2, 0.25) is 0 Å². The van der Waals surface area contributed by atoms with Crippen molar-refractivity contribution < 1.29 is 9.53 Å². The van der Waals surface area contributed by atoms with E-state index < -0.39 is 11.7 Å². The second-order valence-electron chi connectivity index (χ2n) is 5.79. The highest BCUT2D eigenvalue weighted by Gasteiger charge is 2.19. The van der Waals surface area contributed by atoms with Crippen LogP contribution in [0.3, 0.4) is 0 Å². The number of aromatic nitrogens is 1. The molecule has 0 aliphatic carbocycles. The van der Waals surface area contributed by atoms with Crippen molar-refractivity contribution in [3.8, 4) is 0 Å². The molecule has 2 heterocycles. The Hall–Kier alpha value is -1.33. The molecule has 1 aromatic rings. The Balaban J connectivity index is 0.00000200. The maximum Gasteiger partial charge on any atom is 0.413 e. The average molecular weight is 300 g/mol. The molecule has 1 unspecified atom stereocenters. The number of carbonyl (C=O) groups is 1. The maximum absolute atomic E-state index is 11.7. The van der Waals surface area contributed by atoms with Crippen LogP contribution in [-0.4, -0.2) is 29.8 Å². The summed E-state index contributed by atoms with van der Waals surface area (Å²) in [6.45, 7) is 7.53. The van der Waals surface area contributed by atoms with Crippen molar-refractivity contribution >= 4 is 24.3 Å². The van der Waals surface area contributed by atoms with Crippen LogP contribution in [-0.2, 0) is 4.74 Å². The lowest BCUT2D eigenvalue weighted by atomic mass is 10.00. The number of halogens is 1. The van der Waals surface area contributed by atoms with Crippen molar-refractivity contribution in [1.82, 2.24) is 10.3 Å². The molecule has 20 heavy (non-hydrogen) atoms. The van der Waals surface area contributed by atoms with Gasteiger partial charge in [-0.3, -0.25) is 5.32 Å². The third-order valence-electron chi connectivity index (χ3n) is 2.94. The summed E-state index contributed by atoms with van der Waals surface area (Å²) in [7, 11) is 0. The van der Waals surface area contributed by atoms with Crippen LogP contribution >= 0.6 is 12.4 Å². The normalized spacial score (nSPS) is 18.2. The van der Waals surface area contributed by atoms with Crippen LogP contribution in [0.1, 0.15) is 38.7 Å². The first kappa shape index (κ1) is 16.7. The molecule has 2 N–H and O–H groups in total. The summed E-state index contributed by atoms with van der Waals surface area (Å²) in [5.74, 6) is 1.04. The number of hydrogen-bond acceptors (Lipinski definition) is 4. The third kappa shape index (κ3) is 4.98. The van der Waals surface area contributed by atoms with Crippen LogP contribution in [0.5, 0.6) is 0 Å². The van der Waals surface area contributed by atoms with Gasteiger partial charge in [-0.1, -0.05) is 0 Å². The molecule has 0 radical (unpaired) electrons. The fourth-order valence-corrected chi connectivity index (χ4v) is 2.12. The summed E-state index contributed by atoms with van der Waals surface area (Å²) in [6.07, 6.45) is 2.37. The van der Waals surface area contributed by atoms with Crippen LogP contribution in [0, 0.1) is 0 Å². The topological polar surface area (TPSA) is 63.2 Å². The summed E-state index contributed by atoms with van der Waals surface area (Å²) < 4.78 is 5.20. The quantitative estimate of drug-likeness (QED) is 0.881. The first-order chi connectivity index (χ1) is 8.94. The number of ether oxygens (including phenoxy) is 1. The standard InChI is InChI=1S/C14H21N3O2.ClH/c1-14(2,3)19-13(18)17-12-8-10(5-7-16-12)11-4-6-15-9-11;/h5,7-8,11,15H,4,6,9H2,1-3H3,(H,16,17,18);1H. The molecule has 1 amide bonds. The summed E-state index contributed by atoms with van der Waals surface area (Å²) in [5, 5.41) is 6.00. The number of pyridine rings is 1. The first-order valence-electron chi connectivity index (χ1n) is 6.61. The highest BCUT2D eigenvalue weighted by molar-refractivity contribution is 5.85. The second kappa shape index (κ2) is 6.90. The molecule has 1 atom stereocenters. The predicted molar refractivity (Wildman–Crippen MR) is 81.6 cm³/mol. The Kier molecular flexibility index (Phi) is 5.77. The molecule has 2 rings (SSSR count). The van der Waals surface area contributed by atoms with Crippen LogP contribution in [0.15, 0.2) is 18.3 Å². The largest absolute Gasteiger partial charge is 0.444 e. The first-order valence-corrected chi connectivity index (χ1v) is 6.61. The van der Waals surface area contributed by atoms with E-state index in [4.69, 9.17) is 4.74 Å². The van der Waals surface area contributed by atoms with Gasteiger partial charge in [0.15, 0.2) is 0 Å². The minimum Gasteiger partial charge on any atom is -0.444 e. The van der Waals surface area contributed by atoms with E-state index in [0.29, 0.717) is 11.7 Å². The Morgan fingerprint density at radius 2 is 2.25 bits per heavy atom. The summed E-state index contributed by atoms with van der Waals surface area (Å²) in [6, 6.07) is 3.92. The second-order valence-corrected chi connectivity index (χ2v) is 5.79. The van der Waals surface area contributed by atoms with Gasteiger partial charge in [0.05, 0.1) is 0 Å². The molecule has 1 aliphatic heterocycles. The molecule has 0 aromatic carbocycles. The van der Waals surface area contributed by atoms with Crippen molar-refractivity contribution in [3.63, 3.8) is 0 Å². The van der Waals surface area contributed by atoms with Crippen molar-refractivity contribution in [2.24, 2.45) is 0 Å². The Morgan fingerprint density at radius 1 is 1.50 bits per heavy atom. The van der Waals surface area contributed by atoms with Gasteiger partial charge in [-0.25, -0.2) is 9.78 Å². The van der Waals surface area contributed by atoms with Crippen LogP contribution in [0.25, 0.3) is 0 Å². The van der Waals surface area contributed by atoms with E-state index in [1.165, 1.54) is 5.56 Å². The number of carbonyl (C=O) groups excluding carboxylic acids is 1. The van der Waals surface area contributed by atoms with Gasteiger partial charge in [0.2, 0.25) is 0 Å². The molecule has 6 heteroatoms. The number of hydrogen-bond donors (Lipinski definition) is 2.